The first-order chi connectivity index (χ1) is 3.18. The minimum Gasteiger partial charge on any atom is -0.579 e. The minimum atomic E-state index is -0.319. The van der Waals surface area contributed by atoms with Crippen molar-refractivity contribution in [1.82, 2.24) is 5.01 Å². The van der Waals surface area contributed by atoms with Crippen molar-refractivity contribution in [1.29, 1.82) is 0 Å². The summed E-state index contributed by atoms with van der Waals surface area (Å²) in [6, 6.07) is 0. The summed E-state index contributed by atoms with van der Waals surface area (Å²) in [5.74, 6) is 0. The van der Waals surface area contributed by atoms with Crippen molar-refractivity contribution >= 4 is 0 Å². The van der Waals surface area contributed by atoms with Gasteiger partial charge < -0.3 is 5.21 Å². The number of hydrogen-bond donors (Lipinski definition) is 1. The SMILES string of the molecule is CO[NH+]([O-])N(C)C. The molecule has 0 amide bonds. The van der Waals surface area contributed by atoms with E-state index in [9.17, 15) is 5.21 Å². The van der Waals surface area contributed by atoms with E-state index in [0.29, 0.717) is 0 Å². The molecule has 0 saturated heterocycles. The average molecular weight is 106 g/mol. The van der Waals surface area contributed by atoms with Crippen LogP contribution in [0.25, 0.3) is 0 Å². The second-order valence-corrected chi connectivity index (χ2v) is 1.36. The number of nitrogens with zero attached hydrogens (tertiary/aromatic N) is 1. The van der Waals surface area contributed by atoms with Crippen LogP contribution in [0.15, 0.2) is 0 Å². The average Bonchev–Trinajstić information content (AvgIpc) is 1.65. The second kappa shape index (κ2) is 2.92. The Hall–Kier alpha value is -0.160. The molecule has 1 unspecified atom stereocenters. The molecule has 0 saturated carbocycles. The summed E-state index contributed by atoms with van der Waals surface area (Å²) in [7, 11) is 4.61. The third kappa shape index (κ3) is 2.52. The molecule has 4 nitrogen and oxygen atoms in total. The Morgan fingerprint density at radius 3 is 2.00 bits per heavy atom. The second-order valence-electron chi connectivity index (χ2n) is 1.36. The molecule has 0 aromatic heterocycles. The van der Waals surface area contributed by atoms with E-state index in [-0.39, 0.29) is 5.34 Å². The van der Waals surface area contributed by atoms with Crippen LogP contribution >= 0.6 is 0 Å². The fourth-order valence-electron chi connectivity index (χ4n) is 0.183. The van der Waals surface area contributed by atoms with E-state index in [1.165, 1.54) is 12.1 Å². The van der Waals surface area contributed by atoms with E-state index in [4.69, 9.17) is 0 Å². The zero-order chi connectivity index (χ0) is 5.86. The Morgan fingerprint density at radius 1 is 1.57 bits per heavy atom. The molecule has 0 spiro atoms. The van der Waals surface area contributed by atoms with Gasteiger partial charge in [0.25, 0.3) is 0 Å². The van der Waals surface area contributed by atoms with Crippen molar-refractivity contribution in [3.05, 3.63) is 5.21 Å². The molecule has 0 bridgehead atoms. The molecule has 7 heavy (non-hydrogen) atoms. The largest absolute Gasteiger partial charge is 0.579 e. The fraction of sp³-hybridized carbons (Fsp3) is 1.00. The molecule has 0 radical (unpaired) electrons. The maximum absolute atomic E-state index is 10.2. The van der Waals surface area contributed by atoms with Crippen LogP contribution in [-0.2, 0) is 4.84 Å². The van der Waals surface area contributed by atoms with Gasteiger partial charge in [-0.1, -0.05) is 0 Å². The summed E-state index contributed by atoms with van der Waals surface area (Å²) < 4.78 is 0. The molecule has 44 valence electrons. The number of hydrogen-bond acceptors (Lipinski definition) is 3. The molecule has 1 atom stereocenters. The van der Waals surface area contributed by atoms with E-state index in [1.54, 1.807) is 14.1 Å². The monoisotopic (exact) mass is 106 g/mol. The lowest BCUT2D eigenvalue weighted by molar-refractivity contribution is -1.14. The van der Waals surface area contributed by atoms with E-state index in [0.717, 1.165) is 0 Å². The lowest BCUT2D eigenvalue weighted by Gasteiger charge is -2.22. The van der Waals surface area contributed by atoms with Crippen LogP contribution in [0, 0.1) is 5.21 Å². The van der Waals surface area contributed by atoms with Crippen molar-refractivity contribution in [2.45, 2.75) is 0 Å². The Bertz CT molecular complexity index is 48.2. The van der Waals surface area contributed by atoms with Crippen LogP contribution in [-0.4, -0.2) is 26.2 Å². The van der Waals surface area contributed by atoms with Gasteiger partial charge in [0.15, 0.2) is 0 Å². The van der Waals surface area contributed by atoms with Crippen LogP contribution in [0.5, 0.6) is 0 Å². The highest BCUT2D eigenvalue weighted by Gasteiger charge is 1.92. The van der Waals surface area contributed by atoms with Crippen molar-refractivity contribution in [3.63, 3.8) is 0 Å². The quantitative estimate of drug-likeness (QED) is 0.431. The van der Waals surface area contributed by atoms with Crippen LogP contribution in [0.1, 0.15) is 0 Å². The highest BCUT2D eigenvalue weighted by molar-refractivity contribution is 3.99. The first kappa shape index (κ1) is 6.84. The standard InChI is InChI=1S/C3H10N2O2/c1-4(2)5(6)7-3/h5H,1-3H3. The zero-order valence-corrected chi connectivity index (χ0v) is 4.76. The number of quaternary nitrogens is 1. The lowest BCUT2D eigenvalue weighted by atomic mass is 11.2. The highest BCUT2D eigenvalue weighted by atomic mass is 16.9. The first-order valence-electron chi connectivity index (χ1n) is 1.93. The third-order valence-corrected chi connectivity index (χ3v) is 0.540. The van der Waals surface area contributed by atoms with Crippen molar-refractivity contribution in [2.24, 2.45) is 0 Å². The summed E-state index contributed by atoms with van der Waals surface area (Å²) in [5, 5.41) is 11.3. The Balaban J connectivity index is 3.14. The Morgan fingerprint density at radius 2 is 2.00 bits per heavy atom. The van der Waals surface area contributed by atoms with Crippen LogP contribution in [0.4, 0.5) is 0 Å². The predicted octanol–water partition coefficient (Wildman–Crippen LogP) is -1.59. The van der Waals surface area contributed by atoms with Crippen molar-refractivity contribution < 1.29 is 10.2 Å². The van der Waals surface area contributed by atoms with Gasteiger partial charge in [0.1, 0.15) is 0 Å². The van der Waals surface area contributed by atoms with Gasteiger partial charge >= 0.3 is 0 Å². The van der Waals surface area contributed by atoms with Gasteiger partial charge in [0.2, 0.25) is 0 Å². The molecule has 4 heteroatoms. The number of rotatable bonds is 2. The summed E-state index contributed by atoms with van der Waals surface area (Å²) in [4.78, 5) is 4.30. The van der Waals surface area contributed by atoms with E-state index < -0.39 is 0 Å². The maximum Gasteiger partial charge on any atom is 0.0983 e. The molecule has 0 aliphatic heterocycles. The van der Waals surface area contributed by atoms with Gasteiger partial charge in [-0.25, -0.2) is 0 Å². The molecule has 0 aromatic carbocycles. The summed E-state index contributed by atoms with van der Waals surface area (Å²) >= 11 is 0. The van der Waals surface area contributed by atoms with Gasteiger partial charge in [0.05, 0.1) is 7.11 Å². The highest BCUT2D eigenvalue weighted by Crippen LogP contribution is 1.48. The summed E-state index contributed by atoms with van der Waals surface area (Å²) in [6.45, 7) is 0. The van der Waals surface area contributed by atoms with E-state index >= 15 is 0 Å². The van der Waals surface area contributed by atoms with Crippen LogP contribution in [0.3, 0.4) is 0 Å². The molecule has 0 rings (SSSR count). The third-order valence-electron chi connectivity index (χ3n) is 0.540. The van der Waals surface area contributed by atoms with Crippen LogP contribution < -0.4 is 5.34 Å². The smallest absolute Gasteiger partial charge is 0.0983 e. The van der Waals surface area contributed by atoms with Gasteiger partial charge in [-0.2, -0.15) is 4.84 Å². The summed E-state index contributed by atoms with van der Waals surface area (Å²) in [6.07, 6.45) is 0. The van der Waals surface area contributed by atoms with Gasteiger partial charge in [-0.05, 0) is 0 Å². The van der Waals surface area contributed by atoms with Crippen molar-refractivity contribution in [3.8, 4) is 0 Å². The molecule has 1 N–H and O–H groups in total. The summed E-state index contributed by atoms with van der Waals surface area (Å²) in [5.41, 5.74) is 0. The lowest BCUT2D eigenvalue weighted by Crippen LogP contribution is -3.11. The van der Waals surface area contributed by atoms with Gasteiger partial charge in [-0.3, -0.25) is 0 Å². The van der Waals surface area contributed by atoms with Gasteiger partial charge in [-0.15, -0.1) is 10.3 Å². The van der Waals surface area contributed by atoms with Crippen LogP contribution in [0.2, 0.25) is 0 Å². The molecular formula is C3H10N2O2. The van der Waals surface area contributed by atoms with E-state index in [1.807, 2.05) is 0 Å². The number of nitrogens with one attached hydrogen (secondary N) is 1. The van der Waals surface area contributed by atoms with Crippen molar-refractivity contribution in [2.75, 3.05) is 21.2 Å². The molecular weight excluding hydrogens is 96.0 g/mol. The van der Waals surface area contributed by atoms with E-state index in [2.05, 4.69) is 4.84 Å². The molecule has 0 aliphatic rings. The first-order valence-corrected chi connectivity index (χ1v) is 1.93. The predicted molar refractivity (Wildman–Crippen MR) is 25.0 cm³/mol. The normalized spacial score (nSPS) is 15.0. The molecule has 0 aliphatic carbocycles. The Kier molecular flexibility index (Phi) is 2.86. The maximum atomic E-state index is 10.2. The molecule has 0 heterocycles. The van der Waals surface area contributed by atoms with Gasteiger partial charge in [0, 0.05) is 14.1 Å². The molecule has 0 aromatic rings. The topological polar surface area (TPSA) is 40.0 Å². The minimum absolute atomic E-state index is 0.319. The molecule has 0 fully saturated rings. The fourth-order valence-corrected chi connectivity index (χ4v) is 0.183. The Labute approximate surface area is 42.8 Å². The zero-order valence-electron chi connectivity index (χ0n) is 4.76.